The van der Waals surface area contributed by atoms with Crippen molar-refractivity contribution in [1.82, 2.24) is 0 Å². The number of furan rings is 1. The zero-order valence-electron chi connectivity index (χ0n) is 35.6. The van der Waals surface area contributed by atoms with Gasteiger partial charge in [0.15, 0.2) is 0 Å². The van der Waals surface area contributed by atoms with Crippen molar-refractivity contribution in [2.24, 2.45) is 0 Å². The van der Waals surface area contributed by atoms with Gasteiger partial charge in [-0.15, -0.1) is 0 Å². The SMILES string of the molecule is Oc1ccc(-c2oc3cc(O)cc(C=Cc4ccc(O)c(C5c6cc(O)cc7c6C(c6cc(O)cc(O)c6C5c5ccc(O)cc5)C(c5ccc(O)cc5)O7)c4)c3c2-c2ccc(O)cc2O)cc1. The molecule has 12 heteroatoms. The van der Waals surface area contributed by atoms with Crippen LogP contribution in [0.5, 0.6) is 63.2 Å². The van der Waals surface area contributed by atoms with Crippen molar-refractivity contribution in [3.8, 4) is 85.7 Å². The fourth-order valence-electron chi connectivity index (χ4n) is 10.2. The van der Waals surface area contributed by atoms with Gasteiger partial charge in [0.1, 0.15) is 80.7 Å². The third-order valence-electron chi connectivity index (χ3n) is 13.0. The molecule has 12 nitrogen and oxygen atoms in total. The van der Waals surface area contributed by atoms with Gasteiger partial charge in [-0.2, -0.15) is 0 Å². The molecule has 0 saturated carbocycles. The summed E-state index contributed by atoms with van der Waals surface area (Å²) in [5, 5.41) is 111. The van der Waals surface area contributed by atoms with E-state index in [1.807, 2.05) is 0 Å². The molecule has 11 rings (SSSR count). The Labute approximate surface area is 387 Å². The number of phenols is 10. The molecule has 336 valence electrons. The van der Waals surface area contributed by atoms with Gasteiger partial charge in [0.25, 0.3) is 0 Å². The van der Waals surface area contributed by atoms with Crippen LogP contribution < -0.4 is 4.74 Å². The van der Waals surface area contributed by atoms with Crippen molar-refractivity contribution < 1.29 is 60.2 Å². The molecule has 0 radical (unpaired) electrons. The Morgan fingerprint density at radius 1 is 0.412 bits per heavy atom. The minimum atomic E-state index is -0.867. The normalized spacial score (nSPS) is 17.2. The molecule has 1 aliphatic carbocycles. The highest BCUT2D eigenvalue weighted by Crippen LogP contribution is 2.63. The smallest absolute Gasteiger partial charge is 0.143 e. The fraction of sp³-hybridized carbons (Fsp3) is 0.0714. The Bertz CT molecular complexity index is 3500. The maximum Gasteiger partial charge on any atom is 0.143 e. The van der Waals surface area contributed by atoms with E-state index in [4.69, 9.17) is 9.15 Å². The number of hydrogen-bond donors (Lipinski definition) is 10. The van der Waals surface area contributed by atoms with Crippen molar-refractivity contribution in [2.75, 3.05) is 0 Å². The Balaban J connectivity index is 1.13. The molecule has 0 spiro atoms. The summed E-state index contributed by atoms with van der Waals surface area (Å²) in [6.07, 6.45) is 2.78. The number of aromatic hydroxyl groups is 10. The maximum absolute atomic E-state index is 12.1. The first-order valence-corrected chi connectivity index (χ1v) is 21.6. The molecule has 68 heavy (non-hydrogen) atoms. The molecule has 1 aromatic heterocycles. The zero-order chi connectivity index (χ0) is 47.1. The number of benzene rings is 8. The molecule has 10 N–H and O–H groups in total. The molecule has 1 aliphatic heterocycles. The minimum absolute atomic E-state index is 0.00169. The monoisotopic (exact) mass is 904 g/mol. The summed E-state index contributed by atoms with van der Waals surface area (Å²) in [5.74, 6) is -2.77. The highest BCUT2D eigenvalue weighted by atomic mass is 16.5. The number of fused-ring (bicyclic) bond motifs is 3. The molecule has 0 saturated heterocycles. The van der Waals surface area contributed by atoms with E-state index < -0.39 is 23.9 Å². The molecule has 9 aromatic rings. The second kappa shape index (κ2) is 15.8. The second-order valence-electron chi connectivity index (χ2n) is 17.2. The van der Waals surface area contributed by atoms with Gasteiger partial charge in [0, 0.05) is 74.9 Å². The summed E-state index contributed by atoms with van der Waals surface area (Å²) >= 11 is 0. The highest BCUT2D eigenvalue weighted by Gasteiger charge is 2.48. The quantitative estimate of drug-likeness (QED) is 0.0675. The molecule has 8 aromatic carbocycles. The lowest BCUT2D eigenvalue weighted by molar-refractivity contribution is 0.221. The number of phenolic OH excluding ortho intramolecular Hbond substituents is 10. The van der Waals surface area contributed by atoms with Gasteiger partial charge < -0.3 is 60.2 Å². The lowest BCUT2D eigenvalue weighted by Crippen LogP contribution is -2.16. The summed E-state index contributed by atoms with van der Waals surface area (Å²) < 4.78 is 13.1. The van der Waals surface area contributed by atoms with Gasteiger partial charge in [0.05, 0.1) is 5.92 Å². The van der Waals surface area contributed by atoms with Crippen molar-refractivity contribution in [3.05, 3.63) is 196 Å². The van der Waals surface area contributed by atoms with Crippen molar-refractivity contribution in [1.29, 1.82) is 0 Å². The summed E-state index contributed by atoms with van der Waals surface area (Å²) in [4.78, 5) is 0. The topological polar surface area (TPSA) is 225 Å². The largest absolute Gasteiger partial charge is 0.508 e. The number of ether oxygens (including phenoxy) is 1. The molecule has 0 bridgehead atoms. The van der Waals surface area contributed by atoms with E-state index in [-0.39, 0.29) is 63.1 Å². The maximum atomic E-state index is 12.1. The Kier molecular flexibility index (Phi) is 9.64. The number of rotatable bonds is 7. The van der Waals surface area contributed by atoms with Gasteiger partial charge in [-0.05, 0) is 124 Å². The summed E-state index contributed by atoms with van der Waals surface area (Å²) in [5.41, 5.74) is 6.53. The van der Waals surface area contributed by atoms with Gasteiger partial charge >= 0.3 is 0 Å². The van der Waals surface area contributed by atoms with E-state index in [2.05, 4.69) is 0 Å². The van der Waals surface area contributed by atoms with Gasteiger partial charge in [-0.25, -0.2) is 0 Å². The first-order chi connectivity index (χ1) is 32.8. The third kappa shape index (κ3) is 6.94. The van der Waals surface area contributed by atoms with Crippen LogP contribution in [0.2, 0.25) is 0 Å². The zero-order valence-corrected chi connectivity index (χ0v) is 35.6. The summed E-state index contributed by atoms with van der Waals surface area (Å²) in [7, 11) is 0. The van der Waals surface area contributed by atoms with Crippen molar-refractivity contribution in [2.45, 2.75) is 23.9 Å². The van der Waals surface area contributed by atoms with Crippen LogP contribution in [0.1, 0.15) is 73.9 Å². The minimum Gasteiger partial charge on any atom is -0.508 e. The molecular formula is C56H40O12. The predicted molar refractivity (Wildman–Crippen MR) is 254 cm³/mol. The van der Waals surface area contributed by atoms with Crippen molar-refractivity contribution >= 4 is 23.1 Å². The van der Waals surface area contributed by atoms with Crippen molar-refractivity contribution in [3.63, 3.8) is 0 Å². The first-order valence-electron chi connectivity index (χ1n) is 21.6. The highest BCUT2D eigenvalue weighted by molar-refractivity contribution is 6.08. The van der Waals surface area contributed by atoms with Crippen LogP contribution >= 0.6 is 0 Å². The van der Waals surface area contributed by atoms with Crippen LogP contribution in [-0.4, -0.2) is 51.1 Å². The average Bonchev–Trinajstić information content (AvgIpc) is 3.84. The Hall–Kier alpha value is -9.16. The van der Waals surface area contributed by atoms with E-state index in [0.29, 0.717) is 83.7 Å². The van der Waals surface area contributed by atoms with Gasteiger partial charge in [-0.1, -0.05) is 42.5 Å². The van der Waals surface area contributed by atoms with Crippen LogP contribution in [0.15, 0.2) is 150 Å². The number of hydrogen-bond acceptors (Lipinski definition) is 12. The molecule has 0 fully saturated rings. The molecule has 2 heterocycles. The lowest BCUT2D eigenvalue weighted by atomic mass is 9.73. The molecular weight excluding hydrogens is 865 g/mol. The second-order valence-corrected chi connectivity index (χ2v) is 17.2. The van der Waals surface area contributed by atoms with E-state index in [1.54, 1.807) is 91.0 Å². The van der Waals surface area contributed by atoms with Crippen LogP contribution in [0, 0.1) is 0 Å². The fourth-order valence-corrected chi connectivity index (χ4v) is 10.2. The first kappa shape index (κ1) is 41.5. The molecule has 4 atom stereocenters. The van der Waals surface area contributed by atoms with Gasteiger partial charge in [-0.3, -0.25) is 0 Å². The van der Waals surface area contributed by atoms with E-state index in [9.17, 15) is 51.1 Å². The predicted octanol–water partition coefficient (Wildman–Crippen LogP) is 11.5. The standard InChI is InChI=1S/C56H40O12/c57-32-10-4-28(5-11-32)49-50(41-22-38(63)26-47-52(41)54(42-21-37(62)24-45(66)51(42)49)56(68-47)30-8-14-34(59)15-9-30)40-19-27(2-18-43(40)64)1-3-31-20-36(61)25-46-48(31)53(39-17-16-35(60)23-44(39)65)55(67-46)29-6-12-33(58)13-7-29/h1-26,49-50,54,56-66H. The van der Waals surface area contributed by atoms with E-state index >= 15 is 0 Å². The van der Waals surface area contributed by atoms with Crippen LogP contribution in [-0.2, 0) is 0 Å². The molecule has 2 aliphatic rings. The van der Waals surface area contributed by atoms with Crippen LogP contribution in [0.4, 0.5) is 0 Å². The Morgan fingerprint density at radius 3 is 1.71 bits per heavy atom. The summed E-state index contributed by atoms with van der Waals surface area (Å²) in [6.45, 7) is 0. The molecule has 4 unspecified atom stereocenters. The van der Waals surface area contributed by atoms with Crippen LogP contribution in [0.25, 0.3) is 45.6 Å². The average molecular weight is 905 g/mol. The molecule has 0 amide bonds. The van der Waals surface area contributed by atoms with E-state index in [0.717, 1.165) is 0 Å². The summed E-state index contributed by atoms with van der Waals surface area (Å²) in [6, 6.07) is 37.6. The van der Waals surface area contributed by atoms with Gasteiger partial charge in [0.2, 0.25) is 0 Å². The Morgan fingerprint density at radius 2 is 1.01 bits per heavy atom. The van der Waals surface area contributed by atoms with E-state index in [1.165, 1.54) is 66.7 Å². The third-order valence-corrected chi connectivity index (χ3v) is 13.0. The van der Waals surface area contributed by atoms with Crippen LogP contribution in [0.3, 0.4) is 0 Å². The lowest BCUT2D eigenvalue weighted by Gasteiger charge is -2.31.